The highest BCUT2D eigenvalue weighted by Crippen LogP contribution is 2.34. The number of rotatable bonds is 4. The van der Waals surface area contributed by atoms with Crippen LogP contribution in [0.4, 0.5) is 0 Å². The Balaban J connectivity index is 3.01. The summed E-state index contributed by atoms with van der Waals surface area (Å²) >= 11 is 5.76. The van der Waals surface area contributed by atoms with E-state index >= 15 is 0 Å². The van der Waals surface area contributed by atoms with Crippen LogP contribution in [-0.2, 0) is 9.06 Å². The fourth-order valence-corrected chi connectivity index (χ4v) is 6.01. The van der Waals surface area contributed by atoms with E-state index in [2.05, 4.69) is 4.72 Å². The summed E-state index contributed by atoms with van der Waals surface area (Å²) in [5, 5.41) is 10.5. The van der Waals surface area contributed by atoms with Gasteiger partial charge in [0.15, 0.2) is 5.38 Å². The summed E-state index contributed by atoms with van der Waals surface area (Å²) < 4.78 is 26.4. The Morgan fingerprint density at radius 2 is 2.20 bits per heavy atom. The van der Waals surface area contributed by atoms with Gasteiger partial charge >= 0.3 is 9.06 Å². The molecule has 0 aliphatic carbocycles. The molecule has 0 amide bonds. The number of thiophene rings is 1. The zero-order valence-corrected chi connectivity index (χ0v) is 10.8. The van der Waals surface area contributed by atoms with E-state index in [0.29, 0.717) is 0 Å². The molecule has 0 aromatic carbocycles. The normalized spacial score (nSPS) is 14.3. The molecule has 0 bridgehead atoms. The third-order valence-electron chi connectivity index (χ3n) is 1.65. The second kappa shape index (κ2) is 4.39. The molecule has 1 aromatic heterocycles. The lowest BCUT2D eigenvalue weighted by Crippen LogP contribution is -2.45. The standard InChI is InChI=1S/C8H13ClNO3S2/c1-8(2,6-11)10-15(12,13)14-5-3-4-7(14)9/h3-5,10-11H,6H2,1-2H3/q+1. The number of aliphatic hydroxyl groups excluding tert-OH is 1. The molecule has 1 aromatic rings. The van der Waals surface area contributed by atoms with Gasteiger partial charge in [0, 0.05) is 6.07 Å². The van der Waals surface area contributed by atoms with E-state index in [9.17, 15) is 8.42 Å². The third-order valence-corrected chi connectivity index (χ3v) is 7.29. The fourth-order valence-electron chi connectivity index (χ4n) is 0.912. The molecule has 86 valence electrons. The lowest BCUT2D eigenvalue weighted by molar-refractivity contribution is 0.209. The van der Waals surface area contributed by atoms with Crippen LogP contribution in [0.3, 0.4) is 0 Å². The molecule has 4 nitrogen and oxygen atoms in total. The van der Waals surface area contributed by atoms with Gasteiger partial charge in [-0.3, -0.25) is 0 Å². The lowest BCUT2D eigenvalue weighted by Gasteiger charge is -2.19. The molecule has 1 atom stereocenters. The number of nitrogens with one attached hydrogen (secondary N) is 1. The van der Waals surface area contributed by atoms with Gasteiger partial charge in [-0.1, -0.05) is 0 Å². The quantitative estimate of drug-likeness (QED) is 0.644. The zero-order chi connectivity index (χ0) is 11.7. The Morgan fingerprint density at radius 3 is 2.60 bits per heavy atom. The van der Waals surface area contributed by atoms with Crippen molar-refractivity contribution in [1.29, 1.82) is 0 Å². The van der Waals surface area contributed by atoms with Crippen LogP contribution in [0, 0.1) is 0 Å². The van der Waals surface area contributed by atoms with Crippen LogP contribution in [-0.4, -0.2) is 25.7 Å². The zero-order valence-electron chi connectivity index (χ0n) is 8.40. The van der Waals surface area contributed by atoms with Gasteiger partial charge in [0.2, 0.25) is 0 Å². The molecule has 0 saturated heterocycles. The van der Waals surface area contributed by atoms with Crippen LogP contribution in [0.5, 0.6) is 0 Å². The highest BCUT2D eigenvalue weighted by molar-refractivity contribution is 8.38. The van der Waals surface area contributed by atoms with Gasteiger partial charge in [-0.25, -0.2) is 0 Å². The van der Waals surface area contributed by atoms with E-state index < -0.39 is 24.1 Å². The van der Waals surface area contributed by atoms with Gasteiger partial charge < -0.3 is 5.11 Å². The number of aliphatic hydroxyl groups is 1. The number of halogens is 1. The first-order chi connectivity index (χ1) is 6.78. The Kier molecular flexibility index (Phi) is 3.78. The maximum Gasteiger partial charge on any atom is 0.411 e. The highest BCUT2D eigenvalue weighted by Gasteiger charge is 2.34. The van der Waals surface area contributed by atoms with Crippen molar-refractivity contribution >= 4 is 30.2 Å². The van der Waals surface area contributed by atoms with Crippen molar-refractivity contribution in [3.8, 4) is 0 Å². The van der Waals surface area contributed by atoms with Gasteiger partial charge in [0.1, 0.15) is 9.50 Å². The van der Waals surface area contributed by atoms with Gasteiger partial charge in [-0.05, 0) is 31.5 Å². The summed E-state index contributed by atoms with van der Waals surface area (Å²) in [6.45, 7) is 2.94. The Morgan fingerprint density at radius 1 is 1.60 bits per heavy atom. The summed E-state index contributed by atoms with van der Waals surface area (Å²) in [7, 11) is -4.68. The topological polar surface area (TPSA) is 66.4 Å². The van der Waals surface area contributed by atoms with E-state index in [4.69, 9.17) is 16.7 Å². The van der Waals surface area contributed by atoms with Gasteiger partial charge in [-0.2, -0.15) is 13.1 Å². The van der Waals surface area contributed by atoms with Gasteiger partial charge in [0.25, 0.3) is 4.34 Å². The van der Waals surface area contributed by atoms with Crippen LogP contribution in [0.25, 0.3) is 0 Å². The maximum absolute atomic E-state index is 11.8. The molecule has 0 aliphatic rings. The van der Waals surface area contributed by atoms with Gasteiger partial charge in [0.05, 0.1) is 12.1 Å². The van der Waals surface area contributed by atoms with E-state index in [-0.39, 0.29) is 10.9 Å². The van der Waals surface area contributed by atoms with Crippen molar-refractivity contribution in [2.24, 2.45) is 0 Å². The van der Waals surface area contributed by atoms with E-state index in [1.165, 1.54) is 5.38 Å². The molecule has 0 saturated carbocycles. The van der Waals surface area contributed by atoms with Crippen LogP contribution >= 0.6 is 21.1 Å². The van der Waals surface area contributed by atoms with Crippen LogP contribution in [0.1, 0.15) is 13.8 Å². The summed E-state index contributed by atoms with van der Waals surface area (Å²) in [5.74, 6) is 0. The summed E-state index contributed by atoms with van der Waals surface area (Å²) in [4.78, 5) is 0. The summed E-state index contributed by atoms with van der Waals surface area (Å²) in [5.41, 5.74) is -0.876. The third kappa shape index (κ3) is 3.15. The molecule has 0 radical (unpaired) electrons. The van der Waals surface area contributed by atoms with Gasteiger partial charge in [-0.15, -0.1) is 0 Å². The Labute approximate surface area is 96.3 Å². The largest absolute Gasteiger partial charge is 0.411 e. The first-order valence-electron chi connectivity index (χ1n) is 4.21. The van der Waals surface area contributed by atoms with Crippen molar-refractivity contribution in [2.75, 3.05) is 6.61 Å². The first-order valence-corrected chi connectivity index (χ1v) is 7.87. The highest BCUT2D eigenvalue weighted by atomic mass is 35.5. The molecule has 7 heteroatoms. The van der Waals surface area contributed by atoms with Crippen LogP contribution in [0.15, 0.2) is 17.5 Å². The molecular formula is C8H13ClNO3S2+. The van der Waals surface area contributed by atoms with E-state index in [1.807, 2.05) is 0 Å². The molecule has 1 rings (SSSR count). The van der Waals surface area contributed by atoms with E-state index in [1.54, 1.807) is 26.0 Å². The second-order valence-electron chi connectivity index (χ2n) is 3.69. The number of hydrogen-bond donors (Lipinski definition) is 2. The molecule has 0 aliphatic heterocycles. The average Bonchev–Trinajstić information content (AvgIpc) is 2.50. The van der Waals surface area contributed by atoms with Crippen molar-refractivity contribution < 1.29 is 13.5 Å². The van der Waals surface area contributed by atoms with E-state index in [0.717, 1.165) is 0 Å². The molecule has 15 heavy (non-hydrogen) atoms. The predicted molar refractivity (Wildman–Crippen MR) is 62.5 cm³/mol. The second-order valence-corrected chi connectivity index (χ2v) is 9.14. The van der Waals surface area contributed by atoms with Crippen molar-refractivity contribution in [3.63, 3.8) is 0 Å². The van der Waals surface area contributed by atoms with Crippen molar-refractivity contribution in [1.82, 2.24) is 4.72 Å². The molecular weight excluding hydrogens is 258 g/mol. The monoisotopic (exact) mass is 270 g/mol. The first kappa shape index (κ1) is 12.9. The molecule has 1 unspecified atom stereocenters. The van der Waals surface area contributed by atoms with Crippen LogP contribution in [0.2, 0.25) is 4.34 Å². The molecule has 1 heterocycles. The Bertz CT molecular complexity index is 438. The molecule has 0 spiro atoms. The lowest BCUT2D eigenvalue weighted by atomic mass is 10.1. The summed E-state index contributed by atoms with van der Waals surface area (Å²) in [6, 6.07) is 3.16. The molecule has 2 N–H and O–H groups in total. The SMILES string of the molecule is CC(C)(CO)NS(=O)(=O)[s+]1cccc1Cl. The minimum atomic E-state index is -3.55. The van der Waals surface area contributed by atoms with Crippen LogP contribution < -0.4 is 4.72 Å². The minimum Gasteiger partial charge on any atom is -0.394 e. The smallest absolute Gasteiger partial charge is 0.394 e. The number of hydrogen-bond acceptors (Lipinski definition) is 3. The Hall–Kier alpha value is -0.140. The van der Waals surface area contributed by atoms with Crippen molar-refractivity contribution in [2.45, 2.75) is 19.4 Å². The predicted octanol–water partition coefficient (Wildman–Crippen LogP) is 1.54. The van der Waals surface area contributed by atoms with Crippen molar-refractivity contribution in [3.05, 3.63) is 21.8 Å². The fraction of sp³-hybridized carbons (Fsp3) is 0.500. The summed E-state index contributed by atoms with van der Waals surface area (Å²) in [6.07, 6.45) is 0. The molecule has 0 fully saturated rings. The maximum atomic E-state index is 11.8. The average molecular weight is 271 g/mol. The minimum absolute atomic E-state index is 0.269.